The first-order valence-corrected chi connectivity index (χ1v) is 40.4. The Balaban J connectivity index is 0.756. The molecule has 0 radical (unpaired) electrons. The normalized spacial score (nSPS) is 53.5. The summed E-state index contributed by atoms with van der Waals surface area (Å²) in [5, 5.41) is 234. The van der Waals surface area contributed by atoms with Gasteiger partial charge in [-0.25, -0.2) is 0 Å². The summed E-state index contributed by atoms with van der Waals surface area (Å²) < 4.78 is 90.4. The number of carbonyl (C=O) groups excluding carboxylic acids is 3. The minimum absolute atomic E-state index is 0.00294. The summed E-state index contributed by atoms with van der Waals surface area (Å²) in [7, 11) is 0. The molecule has 12 fully saturated rings. The van der Waals surface area contributed by atoms with Gasteiger partial charge in [0.2, 0.25) is 12.2 Å². The van der Waals surface area contributed by atoms with Gasteiger partial charge in [-0.1, -0.05) is 53.2 Å². The van der Waals surface area contributed by atoms with Crippen molar-refractivity contribution < 1.29 is 193 Å². The van der Waals surface area contributed by atoms with Crippen LogP contribution in [-0.4, -0.2) is 399 Å². The maximum Gasteiger partial charge on any atom is 0.317 e. The summed E-state index contributed by atoms with van der Waals surface area (Å²) in [6, 6.07) is -1.64. The number of aliphatic hydroxyl groups is 21. The van der Waals surface area contributed by atoms with Crippen molar-refractivity contribution in [3.63, 3.8) is 0 Å². The van der Waals surface area contributed by atoms with Gasteiger partial charge in [-0.3, -0.25) is 9.59 Å². The Hall–Kier alpha value is -3.05. The Kier molecular flexibility index (Phi) is 27.2. The zero-order chi connectivity index (χ0) is 84.3. The van der Waals surface area contributed by atoms with Gasteiger partial charge in [0.1, 0.15) is 152 Å². The zero-order valence-corrected chi connectivity index (χ0v) is 65.8. The van der Waals surface area contributed by atoms with Crippen LogP contribution in [0.5, 0.6) is 0 Å². The van der Waals surface area contributed by atoms with E-state index in [9.17, 15) is 117 Å². The Labute approximate surface area is 668 Å². The van der Waals surface area contributed by atoms with Crippen LogP contribution >= 0.6 is 0 Å². The van der Waals surface area contributed by atoms with E-state index in [2.05, 4.69) is 46.0 Å². The highest BCUT2D eigenvalue weighted by molar-refractivity contribution is 5.80. The Bertz CT molecular complexity index is 3410. The van der Waals surface area contributed by atoms with Crippen LogP contribution in [0.15, 0.2) is 11.6 Å². The minimum Gasteiger partial charge on any atom is -0.432 e. The lowest BCUT2D eigenvalue weighted by atomic mass is 9.33. The second-order valence-electron chi connectivity index (χ2n) is 36.3. The van der Waals surface area contributed by atoms with E-state index in [0.717, 1.165) is 11.9 Å². The first kappa shape index (κ1) is 90.7. The van der Waals surface area contributed by atoms with Gasteiger partial charge in [-0.15, -0.1) is 0 Å². The number of aliphatic hydroxyl groups excluding tert-OH is 20. The summed E-state index contributed by atoms with van der Waals surface area (Å²) >= 11 is 0. The highest BCUT2D eigenvalue weighted by atomic mass is 16.8. The van der Waals surface area contributed by atoms with Crippen LogP contribution in [0.2, 0.25) is 0 Å². The monoisotopic (exact) mass is 1670 g/mol. The van der Waals surface area contributed by atoms with Gasteiger partial charge in [0.15, 0.2) is 43.8 Å². The molecule has 13 rings (SSSR count). The zero-order valence-electron chi connectivity index (χ0n) is 65.8. The number of carbonyl (C=O) groups is 3. The van der Waals surface area contributed by atoms with Gasteiger partial charge in [0, 0.05) is 6.42 Å². The van der Waals surface area contributed by atoms with Gasteiger partial charge < -0.3 is 188 Å². The van der Waals surface area contributed by atoms with Gasteiger partial charge in [0.25, 0.3) is 0 Å². The van der Waals surface area contributed by atoms with Crippen molar-refractivity contribution in [3.8, 4) is 0 Å². The van der Waals surface area contributed by atoms with Crippen LogP contribution in [0.25, 0.3) is 0 Å². The van der Waals surface area contributed by atoms with Crippen molar-refractivity contribution in [1.29, 1.82) is 0 Å². The molecule has 5 aliphatic carbocycles. The lowest BCUT2D eigenvalue weighted by Crippen LogP contribution is -2.70. The quantitative estimate of drug-likeness (QED) is 0.0195. The van der Waals surface area contributed by atoms with Crippen molar-refractivity contribution in [2.75, 3.05) is 52.9 Å². The molecule has 0 bridgehead atoms. The van der Waals surface area contributed by atoms with E-state index in [-0.39, 0.29) is 31.6 Å². The topological polar surface area (TPSA) is 627 Å². The smallest absolute Gasteiger partial charge is 0.317 e. The summed E-state index contributed by atoms with van der Waals surface area (Å²) in [4.78, 5) is 44.4. The number of nitrogens with one attached hydrogen (secondary N) is 1. The molecular weight excluding hydrogens is 1550 g/mol. The molecule has 13 aliphatic rings. The molecule has 40 nitrogen and oxygen atoms in total. The van der Waals surface area contributed by atoms with Crippen molar-refractivity contribution in [1.82, 2.24) is 5.32 Å². The van der Waals surface area contributed by atoms with Gasteiger partial charge in [-0.05, 0) is 111 Å². The number of esters is 1. The summed E-state index contributed by atoms with van der Waals surface area (Å²) in [6.45, 7) is 8.16. The lowest BCUT2D eigenvalue weighted by Gasteiger charge is -2.71. The van der Waals surface area contributed by atoms with E-state index in [4.69, 9.17) is 71.1 Å². The largest absolute Gasteiger partial charge is 0.432 e. The number of ether oxygens (including phenoxy) is 15. The summed E-state index contributed by atoms with van der Waals surface area (Å²) in [6.07, 6.45) is -52.3. The molecule has 664 valence electrons. The second-order valence-corrected chi connectivity index (χ2v) is 36.3. The molecule has 44 atom stereocenters. The van der Waals surface area contributed by atoms with Crippen LogP contribution in [0, 0.1) is 50.2 Å². The van der Waals surface area contributed by atoms with Gasteiger partial charge in [-0.2, -0.15) is 0 Å². The van der Waals surface area contributed by atoms with Crippen molar-refractivity contribution in [3.05, 3.63) is 11.6 Å². The van der Waals surface area contributed by atoms with Crippen molar-refractivity contribution >= 4 is 18.2 Å². The molecule has 116 heavy (non-hydrogen) atoms. The van der Waals surface area contributed by atoms with Crippen LogP contribution in [0.3, 0.4) is 0 Å². The standard InChI is InChI=1S/C76H121NO39/c1-29-56(111-63-55(98)57(33(84)24-103-63)112-68-61(99)75(101,27-82)28-105-68)51(94)54(97)64(106-29)114-59-49(92)44(77-43(87)11-9-35-46(89)47(90)37(21-79)107-35)36(20-78)108-67(59)116-69(100)76-17-16-70(2,3)18-31(76)30-8-10-40-71(4)14-13-42(72(5,26-81)39(71)12-15-73(40,6)74(30,7)19-41(76)86)110-66-60(115-65-53(96)50(93)48(91)38(22-80)109-65)58(34(85)25-104-66)113-62-52(95)45(88)32(83)23-102-62/h8,26,29,31-42,44-68,78-80,82-86,88-99,101H,9-25,27-28H2,1-7H3,(H,77,87)/t29?,31?,32-,33-,34-,35+,36?,37-,38?,39-,40?,41?,42+,44+,45+,46?,47?,48+,49?,50+,51?,52?,53?,54?,55?,56+,57?,58+,59?,60?,61-,62+,63+,64+,65+,66+,67+,68+,71?,72-,73+,74-,75?,76-/m1/s1. The SMILES string of the molecule is CC1O[C@@H](OC2C(O)[C@@H](NC(=O)CC[C@@H]3O[C@H](CO)C(O)C3O)C(CO)O[C@H]2OC(=O)[C@]23CCC(C)(C)CC2C2=CCC4C5(C)CC[C@H](O[C@@H]6OC[C@@H](O)[C@H](O[C@@H]7OC[C@@H](O)[C@H](O)C7O)C6O[C@@H]6OC(CO)[C@H](O)[C@H](O)C6O)[C@](C)(C=O)[C@@H]5CC[C@]4(C)[C@]2(C)CC3O)C(O)C(O)[C@H]1O[C@@H]1OC[C@@H](O)C(O[C@@H]2OCC(O)(CO)[C@@H]2O)C1O. The number of amides is 1. The first-order valence-electron chi connectivity index (χ1n) is 40.4. The molecule has 0 aromatic heterocycles. The van der Waals surface area contributed by atoms with Gasteiger partial charge >= 0.3 is 5.97 Å². The van der Waals surface area contributed by atoms with Gasteiger partial charge in [0.05, 0.1) is 88.7 Å². The number of allylic oxidation sites excluding steroid dienone is 2. The lowest BCUT2D eigenvalue weighted by molar-refractivity contribution is -0.384. The number of hydrogen-bond donors (Lipinski definition) is 22. The summed E-state index contributed by atoms with van der Waals surface area (Å²) in [5.74, 6) is -3.22. The van der Waals surface area contributed by atoms with Crippen LogP contribution < -0.4 is 5.32 Å². The predicted molar refractivity (Wildman–Crippen MR) is 380 cm³/mol. The van der Waals surface area contributed by atoms with Crippen molar-refractivity contribution in [2.24, 2.45) is 50.2 Å². The first-order chi connectivity index (χ1) is 54.6. The number of aldehydes is 1. The van der Waals surface area contributed by atoms with E-state index < -0.39 is 336 Å². The Morgan fingerprint density at radius 3 is 1.74 bits per heavy atom. The number of rotatable bonds is 23. The van der Waals surface area contributed by atoms with E-state index in [1.54, 1.807) is 6.92 Å². The van der Waals surface area contributed by atoms with Crippen molar-refractivity contribution in [2.45, 2.75) is 340 Å². The molecular formula is C76H121NO39. The van der Waals surface area contributed by atoms with E-state index in [1.807, 2.05) is 0 Å². The second kappa shape index (κ2) is 34.8. The van der Waals surface area contributed by atoms with E-state index in [1.165, 1.54) is 6.92 Å². The Morgan fingerprint density at radius 2 is 1.09 bits per heavy atom. The van der Waals surface area contributed by atoms with Crippen LogP contribution in [-0.2, 0) is 85.4 Å². The van der Waals surface area contributed by atoms with Crippen LogP contribution in [0.1, 0.15) is 119 Å². The third kappa shape index (κ3) is 16.0. The third-order valence-electron chi connectivity index (χ3n) is 28.9. The molecule has 0 spiro atoms. The molecule has 0 aromatic rings. The van der Waals surface area contributed by atoms with E-state index >= 15 is 4.79 Å². The predicted octanol–water partition coefficient (Wildman–Crippen LogP) is -8.44. The molecule has 8 heterocycles. The number of fused-ring (bicyclic) bond motifs is 7. The maximum absolute atomic E-state index is 16.2. The average molecular weight is 1670 g/mol. The fraction of sp³-hybridized carbons (Fsp3) is 0.934. The minimum atomic E-state index is -2.16. The maximum atomic E-state index is 16.2. The molecule has 22 N–H and O–H groups in total. The molecule has 40 heteroatoms. The van der Waals surface area contributed by atoms with Crippen LogP contribution in [0.4, 0.5) is 0 Å². The molecule has 1 amide bonds. The molecule has 8 aliphatic heterocycles. The fourth-order valence-electron chi connectivity index (χ4n) is 21.7. The number of hydrogen-bond acceptors (Lipinski definition) is 39. The highest BCUT2D eigenvalue weighted by Gasteiger charge is 2.73. The van der Waals surface area contributed by atoms with E-state index in [0.29, 0.717) is 38.5 Å². The fourth-order valence-corrected chi connectivity index (χ4v) is 21.7. The third-order valence-corrected chi connectivity index (χ3v) is 28.9. The average Bonchev–Trinajstić information content (AvgIpc) is 0.746. The molecule has 8 saturated heterocycles. The molecule has 4 saturated carbocycles. The highest BCUT2D eigenvalue weighted by Crippen LogP contribution is 2.76. The summed E-state index contributed by atoms with van der Waals surface area (Å²) in [5.41, 5.74) is -7.05. The molecule has 19 unspecified atom stereocenters. The Morgan fingerprint density at radius 1 is 0.517 bits per heavy atom. The molecule has 0 aromatic carbocycles.